The molecular weight excluding hydrogens is 222 g/mol. The zero-order valence-electron chi connectivity index (χ0n) is 9.96. The number of hydrogen-bond acceptors (Lipinski definition) is 5. The van der Waals surface area contributed by atoms with Crippen molar-refractivity contribution in [3.8, 4) is 0 Å². The van der Waals surface area contributed by atoms with Crippen molar-refractivity contribution in [3.63, 3.8) is 0 Å². The van der Waals surface area contributed by atoms with Crippen LogP contribution >= 0.6 is 0 Å². The highest BCUT2D eigenvalue weighted by Gasteiger charge is 2.20. The van der Waals surface area contributed by atoms with Gasteiger partial charge < -0.3 is 14.2 Å². The number of amides is 1. The molecular formula is C11H17N3O3. The van der Waals surface area contributed by atoms with E-state index in [2.05, 4.69) is 14.7 Å². The van der Waals surface area contributed by atoms with Crippen molar-refractivity contribution < 1.29 is 14.1 Å². The van der Waals surface area contributed by atoms with Crippen molar-refractivity contribution in [1.29, 1.82) is 0 Å². The van der Waals surface area contributed by atoms with Crippen LogP contribution in [0.5, 0.6) is 0 Å². The maximum absolute atomic E-state index is 11.9. The second-order valence-electron chi connectivity index (χ2n) is 4.38. The van der Waals surface area contributed by atoms with Gasteiger partial charge in [-0.3, -0.25) is 4.79 Å². The Hall–Kier alpha value is -1.43. The molecule has 1 amide bonds. The largest absolute Gasteiger partial charge is 0.381 e. The fraction of sp³-hybridized carbons (Fsp3) is 0.727. The van der Waals surface area contributed by atoms with Gasteiger partial charge in [0.05, 0.1) is 6.54 Å². The van der Waals surface area contributed by atoms with Gasteiger partial charge in [0.25, 0.3) is 0 Å². The van der Waals surface area contributed by atoms with Crippen molar-refractivity contribution in [2.24, 2.45) is 5.92 Å². The Morgan fingerprint density at radius 3 is 3.18 bits per heavy atom. The van der Waals surface area contributed by atoms with Crippen LogP contribution in [0, 0.1) is 5.92 Å². The molecule has 0 radical (unpaired) electrons. The molecule has 2 heterocycles. The summed E-state index contributed by atoms with van der Waals surface area (Å²) in [5.41, 5.74) is 0. The predicted octanol–water partition coefficient (Wildman–Crippen LogP) is 0.845. The van der Waals surface area contributed by atoms with Crippen molar-refractivity contribution in [2.45, 2.75) is 25.8 Å². The summed E-state index contributed by atoms with van der Waals surface area (Å²) in [4.78, 5) is 17.4. The molecule has 0 aromatic carbocycles. The van der Waals surface area contributed by atoms with Crippen molar-refractivity contribution in [2.75, 3.05) is 20.3 Å². The van der Waals surface area contributed by atoms with Gasteiger partial charge >= 0.3 is 0 Å². The van der Waals surface area contributed by atoms with Crippen LogP contribution in [0.25, 0.3) is 0 Å². The Labute approximate surface area is 99.9 Å². The van der Waals surface area contributed by atoms with E-state index in [1.54, 1.807) is 11.9 Å². The third-order valence-electron chi connectivity index (χ3n) is 2.93. The van der Waals surface area contributed by atoms with Crippen molar-refractivity contribution in [3.05, 3.63) is 12.2 Å². The first-order chi connectivity index (χ1) is 8.25. The lowest BCUT2D eigenvalue weighted by molar-refractivity contribution is -0.132. The molecule has 1 aromatic heterocycles. The molecule has 1 aromatic rings. The summed E-state index contributed by atoms with van der Waals surface area (Å²) in [6.07, 6.45) is 3.92. The summed E-state index contributed by atoms with van der Waals surface area (Å²) in [6, 6.07) is 0. The predicted molar refractivity (Wildman–Crippen MR) is 58.9 cm³/mol. The van der Waals surface area contributed by atoms with Gasteiger partial charge in [0.2, 0.25) is 12.3 Å². The number of aromatic nitrogens is 2. The van der Waals surface area contributed by atoms with Gasteiger partial charge in [-0.2, -0.15) is 4.98 Å². The topological polar surface area (TPSA) is 68.5 Å². The molecule has 1 atom stereocenters. The van der Waals surface area contributed by atoms with Crippen LogP contribution in [0.2, 0.25) is 0 Å². The number of carbonyl (C=O) groups is 1. The number of carbonyl (C=O) groups excluding carboxylic acids is 1. The second kappa shape index (κ2) is 5.77. The van der Waals surface area contributed by atoms with Crippen LogP contribution in [0.15, 0.2) is 10.9 Å². The molecule has 1 saturated heterocycles. The van der Waals surface area contributed by atoms with E-state index < -0.39 is 0 Å². The first-order valence-corrected chi connectivity index (χ1v) is 5.82. The van der Waals surface area contributed by atoms with Gasteiger partial charge in [0.15, 0.2) is 5.82 Å². The zero-order chi connectivity index (χ0) is 12.1. The highest BCUT2D eigenvalue weighted by atomic mass is 16.5. The number of hydrogen-bond donors (Lipinski definition) is 0. The summed E-state index contributed by atoms with van der Waals surface area (Å²) in [5, 5.41) is 3.68. The fourth-order valence-electron chi connectivity index (χ4n) is 1.93. The van der Waals surface area contributed by atoms with E-state index in [9.17, 15) is 4.79 Å². The van der Waals surface area contributed by atoms with E-state index in [0.717, 1.165) is 19.4 Å². The average molecular weight is 239 g/mol. The lowest BCUT2D eigenvalue weighted by Gasteiger charge is -2.23. The highest BCUT2D eigenvalue weighted by molar-refractivity contribution is 5.76. The van der Waals surface area contributed by atoms with Crippen LogP contribution in [0.3, 0.4) is 0 Å². The normalized spacial score (nSPS) is 20.2. The number of ether oxygens (including phenoxy) is 1. The molecule has 1 fully saturated rings. The van der Waals surface area contributed by atoms with Crippen molar-refractivity contribution in [1.82, 2.24) is 15.0 Å². The standard InChI is InChI=1S/C11H17N3O3/c1-14(6-10-12-8-17-13-10)11(15)5-9-3-2-4-16-7-9/h8-9H,2-7H2,1H3/t9-/m1/s1. The van der Waals surface area contributed by atoms with Crippen LogP contribution in [0.1, 0.15) is 25.1 Å². The Bertz CT molecular complexity index is 347. The minimum atomic E-state index is 0.102. The zero-order valence-corrected chi connectivity index (χ0v) is 9.96. The minimum Gasteiger partial charge on any atom is -0.381 e. The molecule has 0 N–H and O–H groups in total. The van der Waals surface area contributed by atoms with Crippen LogP contribution < -0.4 is 0 Å². The Morgan fingerprint density at radius 1 is 1.65 bits per heavy atom. The molecule has 1 aliphatic heterocycles. The molecule has 0 aliphatic carbocycles. The molecule has 1 aliphatic rings. The quantitative estimate of drug-likeness (QED) is 0.779. The lowest BCUT2D eigenvalue weighted by Crippen LogP contribution is -2.30. The van der Waals surface area contributed by atoms with E-state index >= 15 is 0 Å². The van der Waals surface area contributed by atoms with Crippen LogP contribution in [-0.2, 0) is 16.1 Å². The van der Waals surface area contributed by atoms with Crippen LogP contribution in [-0.4, -0.2) is 41.2 Å². The fourth-order valence-corrected chi connectivity index (χ4v) is 1.93. The molecule has 0 saturated carbocycles. The number of nitrogens with zero attached hydrogens (tertiary/aromatic N) is 3. The van der Waals surface area contributed by atoms with Gasteiger partial charge in [-0.1, -0.05) is 5.16 Å². The first-order valence-electron chi connectivity index (χ1n) is 5.82. The first kappa shape index (κ1) is 12.0. The lowest BCUT2D eigenvalue weighted by atomic mass is 9.98. The average Bonchev–Trinajstić information content (AvgIpc) is 2.83. The molecule has 94 valence electrons. The van der Waals surface area contributed by atoms with Gasteiger partial charge in [0.1, 0.15) is 0 Å². The molecule has 2 rings (SSSR count). The van der Waals surface area contributed by atoms with Gasteiger partial charge in [-0.05, 0) is 18.8 Å². The maximum Gasteiger partial charge on any atom is 0.223 e. The third kappa shape index (κ3) is 3.52. The Morgan fingerprint density at radius 2 is 2.53 bits per heavy atom. The molecule has 6 nitrogen and oxygen atoms in total. The monoisotopic (exact) mass is 239 g/mol. The molecule has 17 heavy (non-hydrogen) atoms. The van der Waals surface area contributed by atoms with E-state index in [0.29, 0.717) is 31.3 Å². The van der Waals surface area contributed by atoms with E-state index in [1.165, 1.54) is 6.39 Å². The highest BCUT2D eigenvalue weighted by Crippen LogP contribution is 2.18. The van der Waals surface area contributed by atoms with E-state index in [4.69, 9.17) is 4.74 Å². The third-order valence-corrected chi connectivity index (χ3v) is 2.93. The van der Waals surface area contributed by atoms with E-state index in [1.807, 2.05) is 0 Å². The molecule has 0 bridgehead atoms. The summed E-state index contributed by atoms with van der Waals surface area (Å²) in [7, 11) is 1.75. The second-order valence-corrected chi connectivity index (χ2v) is 4.38. The summed E-state index contributed by atoms with van der Waals surface area (Å²) in [5.74, 6) is 0.981. The molecule has 6 heteroatoms. The molecule has 0 spiro atoms. The van der Waals surface area contributed by atoms with Crippen molar-refractivity contribution >= 4 is 5.91 Å². The molecule has 0 unspecified atom stereocenters. The smallest absolute Gasteiger partial charge is 0.223 e. The van der Waals surface area contributed by atoms with Gasteiger partial charge in [-0.25, -0.2) is 0 Å². The SMILES string of the molecule is CN(Cc1ncon1)C(=O)C[C@H]1CCCOC1. The number of rotatable bonds is 4. The van der Waals surface area contributed by atoms with Gasteiger partial charge in [0, 0.05) is 26.7 Å². The Kier molecular flexibility index (Phi) is 4.08. The summed E-state index contributed by atoms with van der Waals surface area (Å²) >= 11 is 0. The van der Waals surface area contributed by atoms with Crippen LogP contribution in [0.4, 0.5) is 0 Å². The van der Waals surface area contributed by atoms with Gasteiger partial charge in [-0.15, -0.1) is 0 Å². The Balaban J connectivity index is 1.78. The summed E-state index contributed by atoms with van der Waals surface area (Å²) in [6.45, 7) is 1.91. The maximum atomic E-state index is 11.9. The minimum absolute atomic E-state index is 0.102. The van der Waals surface area contributed by atoms with E-state index in [-0.39, 0.29) is 5.91 Å². The summed E-state index contributed by atoms with van der Waals surface area (Å²) < 4.78 is 9.98.